The van der Waals surface area contributed by atoms with Crippen LogP contribution in [0.15, 0.2) is 73.2 Å². The number of ether oxygens (including phenoxy) is 2. The number of carbonyl (C=O) groups excluding carboxylic acids is 2. The molecule has 4 aromatic rings. The molecule has 0 radical (unpaired) electrons. The van der Waals surface area contributed by atoms with Crippen LogP contribution in [0.25, 0.3) is 10.9 Å². The fourth-order valence-corrected chi connectivity index (χ4v) is 3.52. The summed E-state index contributed by atoms with van der Waals surface area (Å²) in [6, 6.07) is 15.8. The minimum Gasteiger partial charge on any atom is -0.462 e. The molecule has 172 valence electrons. The largest absolute Gasteiger partial charge is 0.462 e. The van der Waals surface area contributed by atoms with Gasteiger partial charge >= 0.3 is 11.9 Å². The molecule has 0 spiro atoms. The summed E-state index contributed by atoms with van der Waals surface area (Å²) in [4.78, 5) is 37.5. The van der Waals surface area contributed by atoms with Gasteiger partial charge in [0.05, 0.1) is 18.2 Å². The van der Waals surface area contributed by atoms with E-state index >= 15 is 0 Å². The zero-order valence-corrected chi connectivity index (χ0v) is 18.9. The van der Waals surface area contributed by atoms with Crippen LogP contribution in [0.5, 0.6) is 5.75 Å². The lowest BCUT2D eigenvalue weighted by Gasteiger charge is -2.23. The maximum Gasteiger partial charge on any atom is 0.338 e. The molecule has 0 saturated heterocycles. The molecule has 1 unspecified atom stereocenters. The number of carbonyl (C=O) groups is 2. The number of benzene rings is 2. The maximum absolute atomic E-state index is 12.3. The monoisotopic (exact) mass is 456 g/mol. The topological polar surface area (TPSA) is 103 Å². The molecule has 0 saturated carbocycles. The molecule has 0 amide bonds. The van der Waals surface area contributed by atoms with Crippen molar-refractivity contribution in [2.75, 3.05) is 11.9 Å². The van der Waals surface area contributed by atoms with E-state index in [-0.39, 0.29) is 12.4 Å². The molecule has 34 heavy (non-hydrogen) atoms. The number of esters is 2. The fourth-order valence-electron chi connectivity index (χ4n) is 3.52. The zero-order chi connectivity index (χ0) is 23.9. The Morgan fingerprint density at radius 3 is 2.35 bits per heavy atom. The van der Waals surface area contributed by atoms with E-state index in [0.29, 0.717) is 34.9 Å². The quantitative estimate of drug-likeness (QED) is 0.300. The van der Waals surface area contributed by atoms with E-state index in [1.54, 1.807) is 50.6 Å². The molecule has 2 aromatic carbocycles. The van der Waals surface area contributed by atoms with Crippen molar-refractivity contribution in [1.82, 2.24) is 15.0 Å². The van der Waals surface area contributed by atoms with E-state index in [1.807, 2.05) is 36.4 Å². The molecule has 1 N–H and O–H groups in total. The van der Waals surface area contributed by atoms with Crippen LogP contribution in [0.2, 0.25) is 0 Å². The number of rotatable bonds is 8. The van der Waals surface area contributed by atoms with Gasteiger partial charge in [0, 0.05) is 36.0 Å². The van der Waals surface area contributed by atoms with Crippen LogP contribution in [-0.4, -0.2) is 33.5 Å². The van der Waals surface area contributed by atoms with Crippen molar-refractivity contribution in [3.63, 3.8) is 0 Å². The van der Waals surface area contributed by atoms with Gasteiger partial charge in [0.25, 0.3) is 0 Å². The van der Waals surface area contributed by atoms with Crippen LogP contribution in [0.4, 0.5) is 5.95 Å². The number of nitrogens with one attached hydrogen (secondary N) is 1. The van der Waals surface area contributed by atoms with Gasteiger partial charge in [-0.05, 0) is 36.8 Å². The molecule has 2 heterocycles. The first-order valence-corrected chi connectivity index (χ1v) is 11.0. The summed E-state index contributed by atoms with van der Waals surface area (Å²) < 4.78 is 10.9. The van der Waals surface area contributed by atoms with Crippen molar-refractivity contribution in [1.29, 1.82) is 0 Å². The molecular weight excluding hydrogens is 432 g/mol. The predicted octanol–water partition coefficient (Wildman–Crippen LogP) is 4.72. The van der Waals surface area contributed by atoms with Gasteiger partial charge in [0.2, 0.25) is 5.95 Å². The standard InChI is InChI=1S/C26H24N4O4/c1-3-21(31)34-24-20(13-12-17-7-5-14-27-23(17)24)22(30-26-28-15-6-16-29-26)18-8-10-19(11-9-18)25(32)33-4-2/h5-16,22H,3-4H2,1-2H3,(H,28,29,30). The van der Waals surface area contributed by atoms with Gasteiger partial charge in [-0.15, -0.1) is 0 Å². The highest BCUT2D eigenvalue weighted by Gasteiger charge is 2.24. The number of anilines is 1. The number of pyridine rings is 1. The first-order valence-electron chi connectivity index (χ1n) is 11.0. The molecule has 2 aromatic heterocycles. The van der Waals surface area contributed by atoms with E-state index in [0.717, 1.165) is 10.9 Å². The minimum atomic E-state index is -0.496. The van der Waals surface area contributed by atoms with Gasteiger partial charge in [0.15, 0.2) is 5.75 Å². The highest BCUT2D eigenvalue weighted by molar-refractivity contribution is 5.90. The Labute approximate surface area is 197 Å². The van der Waals surface area contributed by atoms with E-state index in [4.69, 9.17) is 9.47 Å². The minimum absolute atomic E-state index is 0.219. The molecule has 4 rings (SSSR count). The van der Waals surface area contributed by atoms with Gasteiger partial charge < -0.3 is 14.8 Å². The Bertz CT molecular complexity index is 1290. The van der Waals surface area contributed by atoms with E-state index in [2.05, 4.69) is 20.3 Å². The lowest BCUT2D eigenvalue weighted by atomic mass is 9.95. The first kappa shape index (κ1) is 22.8. The van der Waals surface area contributed by atoms with Crippen molar-refractivity contribution in [2.45, 2.75) is 26.3 Å². The van der Waals surface area contributed by atoms with E-state index < -0.39 is 12.0 Å². The van der Waals surface area contributed by atoms with Crippen LogP contribution in [-0.2, 0) is 9.53 Å². The third-order valence-corrected chi connectivity index (χ3v) is 5.17. The molecular formula is C26H24N4O4. The van der Waals surface area contributed by atoms with E-state index in [1.165, 1.54) is 0 Å². The summed E-state index contributed by atoms with van der Waals surface area (Å²) in [6.45, 7) is 3.80. The van der Waals surface area contributed by atoms with Crippen molar-refractivity contribution in [3.8, 4) is 5.75 Å². The summed E-state index contributed by atoms with van der Waals surface area (Å²) in [5.74, 6) is 0.00732. The maximum atomic E-state index is 12.3. The van der Waals surface area contributed by atoms with Gasteiger partial charge in [-0.2, -0.15) is 0 Å². The van der Waals surface area contributed by atoms with Crippen LogP contribution in [0, 0.1) is 0 Å². The lowest BCUT2D eigenvalue weighted by Crippen LogP contribution is -2.17. The number of hydrogen-bond acceptors (Lipinski definition) is 8. The van der Waals surface area contributed by atoms with E-state index in [9.17, 15) is 9.59 Å². The highest BCUT2D eigenvalue weighted by atomic mass is 16.5. The molecule has 8 heteroatoms. The lowest BCUT2D eigenvalue weighted by molar-refractivity contribution is -0.133. The van der Waals surface area contributed by atoms with Crippen molar-refractivity contribution < 1.29 is 19.1 Å². The Hall–Kier alpha value is -4.33. The summed E-state index contributed by atoms with van der Waals surface area (Å²) in [6.07, 6.45) is 5.15. The summed E-state index contributed by atoms with van der Waals surface area (Å²) in [5, 5.41) is 4.17. The molecule has 8 nitrogen and oxygen atoms in total. The SMILES string of the molecule is CCOC(=O)c1ccc(C(Nc2ncccn2)c2ccc3cccnc3c2OC(=O)CC)cc1. The van der Waals surface area contributed by atoms with Crippen LogP contribution in [0.3, 0.4) is 0 Å². The van der Waals surface area contributed by atoms with Crippen molar-refractivity contribution in [3.05, 3.63) is 89.9 Å². The zero-order valence-electron chi connectivity index (χ0n) is 18.9. The smallest absolute Gasteiger partial charge is 0.338 e. The third-order valence-electron chi connectivity index (χ3n) is 5.17. The summed E-state index contributed by atoms with van der Waals surface area (Å²) in [7, 11) is 0. The summed E-state index contributed by atoms with van der Waals surface area (Å²) in [5.41, 5.74) is 2.51. The molecule has 0 aliphatic carbocycles. The van der Waals surface area contributed by atoms with Crippen LogP contribution < -0.4 is 10.1 Å². The van der Waals surface area contributed by atoms with Gasteiger partial charge in [-0.1, -0.05) is 37.3 Å². The normalized spacial score (nSPS) is 11.6. The third kappa shape index (κ3) is 5.01. The van der Waals surface area contributed by atoms with Gasteiger partial charge in [-0.3, -0.25) is 9.78 Å². The average molecular weight is 457 g/mol. The molecule has 0 bridgehead atoms. The number of hydrogen-bond donors (Lipinski definition) is 1. The summed E-state index contributed by atoms with van der Waals surface area (Å²) >= 11 is 0. The molecule has 0 aliphatic heterocycles. The molecule has 1 atom stereocenters. The van der Waals surface area contributed by atoms with Crippen molar-refractivity contribution >= 4 is 28.8 Å². The average Bonchev–Trinajstić information content (AvgIpc) is 2.88. The second-order valence-electron chi connectivity index (χ2n) is 7.38. The Morgan fingerprint density at radius 2 is 1.65 bits per heavy atom. The molecule has 0 aliphatic rings. The second-order valence-corrected chi connectivity index (χ2v) is 7.38. The Kier molecular flexibility index (Phi) is 7.07. The fraction of sp³-hybridized carbons (Fsp3) is 0.192. The first-order chi connectivity index (χ1) is 16.6. The number of fused-ring (bicyclic) bond motifs is 1. The van der Waals surface area contributed by atoms with Crippen LogP contribution >= 0.6 is 0 Å². The number of nitrogens with zero attached hydrogens (tertiary/aromatic N) is 3. The molecule has 0 fully saturated rings. The predicted molar refractivity (Wildman–Crippen MR) is 128 cm³/mol. The van der Waals surface area contributed by atoms with Crippen molar-refractivity contribution in [2.24, 2.45) is 0 Å². The van der Waals surface area contributed by atoms with Gasteiger partial charge in [-0.25, -0.2) is 14.8 Å². The number of aromatic nitrogens is 3. The van der Waals surface area contributed by atoms with Crippen LogP contribution in [0.1, 0.15) is 47.8 Å². The Balaban J connectivity index is 1.84. The highest BCUT2D eigenvalue weighted by Crippen LogP contribution is 2.37. The Morgan fingerprint density at radius 1 is 0.912 bits per heavy atom. The van der Waals surface area contributed by atoms with Gasteiger partial charge in [0.1, 0.15) is 5.52 Å². The second kappa shape index (κ2) is 10.5.